The third kappa shape index (κ3) is 4.26. The largest absolute Gasteiger partial charge is 0.464 e. The molecule has 0 saturated carbocycles. The van der Waals surface area contributed by atoms with Crippen LogP contribution in [0.5, 0.6) is 5.88 Å². The standard InChI is InChI=1S/C24H23FN4O2/c1-4-29-23-22(15(2)28-29)20(17-8-6-5-7-9-17)14-21(27-23)31-16(3)24(30)26-19-12-10-18(25)11-13-19/h5-14,16H,4H2,1-3H3,(H,26,30)/t16-/m1/s1. The Morgan fingerprint density at radius 3 is 2.55 bits per heavy atom. The fourth-order valence-corrected chi connectivity index (χ4v) is 3.47. The molecule has 6 nitrogen and oxygen atoms in total. The molecule has 2 aromatic carbocycles. The first-order chi connectivity index (χ1) is 15.0. The lowest BCUT2D eigenvalue weighted by molar-refractivity contribution is -0.122. The van der Waals surface area contributed by atoms with Gasteiger partial charge in [0.15, 0.2) is 11.8 Å². The van der Waals surface area contributed by atoms with Crippen LogP contribution in [0.25, 0.3) is 22.2 Å². The van der Waals surface area contributed by atoms with Crippen LogP contribution in [0.4, 0.5) is 10.1 Å². The van der Waals surface area contributed by atoms with Gasteiger partial charge in [0.25, 0.3) is 5.91 Å². The summed E-state index contributed by atoms with van der Waals surface area (Å²) in [6, 6.07) is 17.4. The second-order valence-corrected chi connectivity index (χ2v) is 7.23. The lowest BCUT2D eigenvalue weighted by atomic mass is 10.0. The summed E-state index contributed by atoms with van der Waals surface area (Å²) in [5.41, 5.74) is 4.06. The van der Waals surface area contributed by atoms with E-state index in [2.05, 4.69) is 15.4 Å². The van der Waals surface area contributed by atoms with Crippen molar-refractivity contribution in [2.24, 2.45) is 0 Å². The van der Waals surface area contributed by atoms with Gasteiger partial charge in [0.05, 0.1) is 11.1 Å². The zero-order valence-corrected chi connectivity index (χ0v) is 17.6. The van der Waals surface area contributed by atoms with Crippen molar-refractivity contribution < 1.29 is 13.9 Å². The number of aromatic nitrogens is 3. The van der Waals surface area contributed by atoms with Gasteiger partial charge in [0.2, 0.25) is 5.88 Å². The molecule has 4 rings (SSSR count). The van der Waals surface area contributed by atoms with E-state index >= 15 is 0 Å². The number of hydrogen-bond acceptors (Lipinski definition) is 4. The molecular formula is C24H23FN4O2. The predicted molar refractivity (Wildman–Crippen MR) is 118 cm³/mol. The fourth-order valence-electron chi connectivity index (χ4n) is 3.47. The summed E-state index contributed by atoms with van der Waals surface area (Å²) in [7, 11) is 0. The Kier molecular flexibility index (Phi) is 5.66. The second kappa shape index (κ2) is 8.55. The molecule has 4 aromatic rings. The molecule has 0 saturated heterocycles. The van der Waals surface area contributed by atoms with Gasteiger partial charge in [-0.1, -0.05) is 30.3 Å². The zero-order chi connectivity index (χ0) is 22.0. The minimum Gasteiger partial charge on any atom is -0.464 e. The van der Waals surface area contributed by atoms with Gasteiger partial charge in [-0.15, -0.1) is 0 Å². The van der Waals surface area contributed by atoms with Gasteiger partial charge in [-0.25, -0.2) is 9.07 Å². The van der Waals surface area contributed by atoms with Gasteiger partial charge in [-0.2, -0.15) is 10.1 Å². The van der Waals surface area contributed by atoms with E-state index in [0.717, 1.165) is 22.2 Å². The summed E-state index contributed by atoms with van der Waals surface area (Å²) < 4.78 is 20.8. The molecule has 31 heavy (non-hydrogen) atoms. The van der Waals surface area contributed by atoms with E-state index in [4.69, 9.17) is 4.74 Å². The van der Waals surface area contributed by atoms with Gasteiger partial charge in [0.1, 0.15) is 5.82 Å². The summed E-state index contributed by atoms with van der Waals surface area (Å²) in [6.07, 6.45) is -0.808. The fraction of sp³-hybridized carbons (Fsp3) is 0.208. The number of aryl methyl sites for hydroxylation is 2. The van der Waals surface area contributed by atoms with Crippen LogP contribution in [-0.4, -0.2) is 26.8 Å². The molecule has 2 heterocycles. The van der Waals surface area contributed by atoms with Crippen LogP contribution in [0.2, 0.25) is 0 Å². The molecule has 1 N–H and O–H groups in total. The number of nitrogens with zero attached hydrogens (tertiary/aromatic N) is 3. The van der Waals surface area contributed by atoms with Crippen LogP contribution in [0.15, 0.2) is 60.7 Å². The van der Waals surface area contributed by atoms with E-state index in [-0.39, 0.29) is 11.7 Å². The first-order valence-corrected chi connectivity index (χ1v) is 10.1. The van der Waals surface area contributed by atoms with Gasteiger partial charge in [-0.3, -0.25) is 4.79 Å². The van der Waals surface area contributed by atoms with E-state index < -0.39 is 6.10 Å². The van der Waals surface area contributed by atoms with Crippen molar-refractivity contribution in [3.63, 3.8) is 0 Å². The number of nitrogens with one attached hydrogen (secondary N) is 1. The van der Waals surface area contributed by atoms with Crippen LogP contribution in [0.1, 0.15) is 19.5 Å². The second-order valence-electron chi connectivity index (χ2n) is 7.23. The van der Waals surface area contributed by atoms with Crippen molar-refractivity contribution >= 4 is 22.6 Å². The molecule has 7 heteroatoms. The van der Waals surface area contributed by atoms with Gasteiger partial charge in [-0.05, 0) is 56.2 Å². The number of benzene rings is 2. The minimum absolute atomic E-state index is 0.336. The van der Waals surface area contributed by atoms with Crippen LogP contribution >= 0.6 is 0 Å². The molecule has 0 spiro atoms. The van der Waals surface area contributed by atoms with E-state index in [0.29, 0.717) is 23.8 Å². The third-order valence-electron chi connectivity index (χ3n) is 5.02. The van der Waals surface area contributed by atoms with Crippen molar-refractivity contribution in [1.29, 1.82) is 0 Å². The molecule has 0 aliphatic rings. The lowest BCUT2D eigenvalue weighted by Gasteiger charge is -2.15. The highest BCUT2D eigenvalue weighted by Crippen LogP contribution is 2.33. The average Bonchev–Trinajstić information content (AvgIpc) is 3.11. The van der Waals surface area contributed by atoms with Crippen molar-refractivity contribution in [1.82, 2.24) is 14.8 Å². The van der Waals surface area contributed by atoms with Gasteiger partial charge in [0, 0.05) is 18.3 Å². The highest BCUT2D eigenvalue weighted by Gasteiger charge is 2.20. The van der Waals surface area contributed by atoms with Crippen LogP contribution in [0, 0.1) is 12.7 Å². The molecule has 2 aromatic heterocycles. The Labute approximate surface area is 179 Å². The molecule has 0 aliphatic carbocycles. The smallest absolute Gasteiger partial charge is 0.265 e. The number of carbonyl (C=O) groups is 1. The van der Waals surface area contributed by atoms with Gasteiger partial charge >= 0.3 is 0 Å². The monoisotopic (exact) mass is 418 g/mol. The number of halogens is 1. The van der Waals surface area contributed by atoms with Crippen LogP contribution in [0.3, 0.4) is 0 Å². The average molecular weight is 418 g/mol. The number of amides is 1. The number of carbonyl (C=O) groups excluding carboxylic acids is 1. The summed E-state index contributed by atoms with van der Waals surface area (Å²) in [6.45, 7) is 6.27. The van der Waals surface area contributed by atoms with Crippen LogP contribution < -0.4 is 10.1 Å². The molecule has 0 fully saturated rings. The highest BCUT2D eigenvalue weighted by molar-refractivity contribution is 5.96. The maximum atomic E-state index is 13.1. The number of pyridine rings is 1. The predicted octanol–water partition coefficient (Wildman–Crippen LogP) is 4.97. The topological polar surface area (TPSA) is 69.0 Å². The maximum absolute atomic E-state index is 13.1. The van der Waals surface area contributed by atoms with E-state index in [1.807, 2.05) is 54.9 Å². The number of rotatable bonds is 6. The van der Waals surface area contributed by atoms with Crippen molar-refractivity contribution in [3.8, 4) is 17.0 Å². The first kappa shape index (κ1) is 20.5. The minimum atomic E-state index is -0.808. The SMILES string of the molecule is CCn1nc(C)c2c(-c3ccccc3)cc(O[C@H](C)C(=O)Nc3ccc(F)cc3)nc21. The Morgan fingerprint density at radius 2 is 1.87 bits per heavy atom. The highest BCUT2D eigenvalue weighted by atomic mass is 19.1. The van der Waals surface area contributed by atoms with Crippen molar-refractivity contribution in [2.45, 2.75) is 33.4 Å². The summed E-state index contributed by atoms with van der Waals surface area (Å²) in [5.74, 6) is -0.381. The molecule has 1 atom stereocenters. The Balaban J connectivity index is 1.67. The molecule has 0 aliphatic heterocycles. The molecule has 0 radical (unpaired) electrons. The maximum Gasteiger partial charge on any atom is 0.265 e. The summed E-state index contributed by atoms with van der Waals surface area (Å²) >= 11 is 0. The molecule has 0 bridgehead atoms. The Morgan fingerprint density at radius 1 is 1.16 bits per heavy atom. The number of fused-ring (bicyclic) bond motifs is 1. The first-order valence-electron chi connectivity index (χ1n) is 10.1. The number of hydrogen-bond donors (Lipinski definition) is 1. The number of ether oxygens (including phenoxy) is 1. The van der Waals surface area contributed by atoms with Crippen molar-refractivity contribution in [3.05, 3.63) is 72.2 Å². The number of anilines is 1. The third-order valence-corrected chi connectivity index (χ3v) is 5.02. The lowest BCUT2D eigenvalue weighted by Crippen LogP contribution is -2.30. The Hall–Kier alpha value is -3.74. The van der Waals surface area contributed by atoms with Crippen LogP contribution in [-0.2, 0) is 11.3 Å². The van der Waals surface area contributed by atoms with E-state index in [1.165, 1.54) is 24.3 Å². The zero-order valence-electron chi connectivity index (χ0n) is 17.6. The summed E-state index contributed by atoms with van der Waals surface area (Å²) in [5, 5.41) is 8.29. The molecule has 1 amide bonds. The molecule has 158 valence electrons. The van der Waals surface area contributed by atoms with E-state index in [9.17, 15) is 9.18 Å². The normalized spacial score (nSPS) is 12.0. The quantitative estimate of drug-likeness (QED) is 0.480. The van der Waals surface area contributed by atoms with Gasteiger partial charge < -0.3 is 10.1 Å². The molecular weight excluding hydrogens is 395 g/mol. The Bertz CT molecular complexity index is 1220. The summed E-state index contributed by atoms with van der Waals surface area (Å²) in [4.78, 5) is 17.2. The van der Waals surface area contributed by atoms with E-state index in [1.54, 1.807) is 6.92 Å². The molecule has 0 unspecified atom stereocenters. The van der Waals surface area contributed by atoms with Crippen molar-refractivity contribution in [2.75, 3.05) is 5.32 Å².